The number of carbonyl (C=O) groups is 1. The van der Waals surface area contributed by atoms with Crippen molar-refractivity contribution in [2.45, 2.75) is 56.6 Å². The summed E-state index contributed by atoms with van der Waals surface area (Å²) in [7, 11) is 1.73. The van der Waals surface area contributed by atoms with E-state index in [0.29, 0.717) is 29.6 Å². The number of hydrogen-bond acceptors (Lipinski definition) is 6. The number of carbonyl (C=O) groups excluding carboxylic acids is 1. The van der Waals surface area contributed by atoms with E-state index in [-0.39, 0.29) is 24.0 Å². The summed E-state index contributed by atoms with van der Waals surface area (Å²) in [6.45, 7) is -0.479. The molecular formula is C26H29F2N7O2. The van der Waals surface area contributed by atoms with Gasteiger partial charge in [-0.2, -0.15) is 10.1 Å². The minimum Gasteiger partial charge on any atom is -0.381 e. The summed E-state index contributed by atoms with van der Waals surface area (Å²) in [4.78, 5) is 24.8. The van der Waals surface area contributed by atoms with Crippen LogP contribution in [0.4, 0.5) is 14.7 Å². The molecule has 2 aliphatic carbocycles. The number of ether oxygens (including phenoxy) is 1. The molecule has 0 saturated heterocycles. The summed E-state index contributed by atoms with van der Waals surface area (Å²) in [6.07, 6.45) is 11.9. The van der Waals surface area contributed by atoms with Crippen molar-refractivity contribution in [3.05, 3.63) is 42.5 Å². The van der Waals surface area contributed by atoms with Crippen molar-refractivity contribution in [2.24, 2.45) is 5.92 Å². The number of nitrogens with zero attached hydrogens (tertiary/aromatic N) is 4. The third-order valence-corrected chi connectivity index (χ3v) is 7.51. The first kappa shape index (κ1) is 23.8. The summed E-state index contributed by atoms with van der Waals surface area (Å²) in [6, 6.07) is 3.93. The second-order valence-electron chi connectivity index (χ2n) is 10.0. The number of rotatable bonds is 8. The number of alkyl halides is 2. The average Bonchev–Trinajstić information content (AvgIpc) is 3.57. The Balaban J connectivity index is 1.21. The van der Waals surface area contributed by atoms with Crippen molar-refractivity contribution in [1.29, 1.82) is 0 Å². The van der Waals surface area contributed by atoms with E-state index in [1.165, 1.54) is 0 Å². The zero-order valence-electron chi connectivity index (χ0n) is 20.5. The van der Waals surface area contributed by atoms with Crippen LogP contribution in [0.3, 0.4) is 0 Å². The normalized spacial score (nSPS) is 20.4. The molecule has 1 amide bonds. The lowest BCUT2D eigenvalue weighted by molar-refractivity contribution is -0.00832. The SMILES string of the molecule is COC1CCC(NC(=O)c2cnn3ccc(-c4c[nH]c5nc(NCC(F)(F)C6CC6)ncc45)cc23)CC1. The van der Waals surface area contributed by atoms with E-state index < -0.39 is 18.4 Å². The standard InChI is InChI=1S/C26H29F2N7O2/c1-37-18-6-4-17(5-7-18)33-24(36)21-13-32-35-9-8-15(10-22(21)35)19-11-29-23-20(19)12-30-25(34-23)31-14-26(27,28)16-2-3-16/h8-13,16-18H,2-7,14H2,1H3,(H,33,36)(H2,29,30,31,34). The number of hydrogen-bond donors (Lipinski definition) is 3. The molecule has 194 valence electrons. The van der Waals surface area contributed by atoms with Crippen LogP contribution in [-0.2, 0) is 4.74 Å². The molecule has 6 rings (SSSR count). The van der Waals surface area contributed by atoms with Gasteiger partial charge in [-0.15, -0.1) is 0 Å². The second kappa shape index (κ2) is 9.37. The van der Waals surface area contributed by atoms with Crippen LogP contribution < -0.4 is 10.6 Å². The zero-order chi connectivity index (χ0) is 25.6. The quantitative estimate of drug-likeness (QED) is 0.325. The zero-order valence-corrected chi connectivity index (χ0v) is 20.5. The van der Waals surface area contributed by atoms with Crippen LogP contribution in [0.15, 0.2) is 36.9 Å². The molecule has 9 nitrogen and oxygen atoms in total. The number of aromatic amines is 1. The molecule has 4 aromatic heterocycles. The van der Waals surface area contributed by atoms with Gasteiger partial charge in [0.15, 0.2) is 0 Å². The molecule has 2 aliphatic rings. The molecule has 4 heterocycles. The molecule has 0 aromatic carbocycles. The summed E-state index contributed by atoms with van der Waals surface area (Å²) in [5.74, 6) is -3.29. The molecule has 2 fully saturated rings. The average molecular weight is 510 g/mol. The fourth-order valence-corrected chi connectivity index (χ4v) is 5.11. The van der Waals surface area contributed by atoms with Gasteiger partial charge in [0.05, 0.1) is 29.9 Å². The van der Waals surface area contributed by atoms with E-state index in [1.54, 1.807) is 36.4 Å². The Labute approximate surface area is 212 Å². The van der Waals surface area contributed by atoms with Gasteiger partial charge in [-0.3, -0.25) is 4.79 Å². The Hall–Kier alpha value is -3.60. The van der Waals surface area contributed by atoms with Gasteiger partial charge in [-0.1, -0.05) is 0 Å². The van der Waals surface area contributed by atoms with Crippen molar-refractivity contribution in [1.82, 2.24) is 29.9 Å². The van der Waals surface area contributed by atoms with Gasteiger partial charge >= 0.3 is 0 Å². The Bertz CT molecular complexity index is 1440. The highest BCUT2D eigenvalue weighted by atomic mass is 19.3. The van der Waals surface area contributed by atoms with Crippen LogP contribution in [-0.4, -0.2) is 62.2 Å². The van der Waals surface area contributed by atoms with E-state index >= 15 is 0 Å². The highest BCUT2D eigenvalue weighted by Gasteiger charge is 2.46. The Morgan fingerprint density at radius 1 is 1.22 bits per heavy atom. The van der Waals surface area contributed by atoms with Gasteiger partial charge in [-0.05, 0) is 56.2 Å². The summed E-state index contributed by atoms with van der Waals surface area (Å²) >= 11 is 0. The number of fused-ring (bicyclic) bond motifs is 2. The van der Waals surface area contributed by atoms with Crippen LogP contribution >= 0.6 is 0 Å². The molecule has 0 bridgehead atoms. The van der Waals surface area contributed by atoms with E-state index in [0.717, 1.165) is 42.2 Å². The number of nitrogens with one attached hydrogen (secondary N) is 3. The number of anilines is 1. The van der Waals surface area contributed by atoms with Crippen LogP contribution in [0.2, 0.25) is 0 Å². The van der Waals surface area contributed by atoms with Gasteiger partial charge < -0.3 is 20.4 Å². The Morgan fingerprint density at radius 3 is 2.78 bits per heavy atom. The third kappa shape index (κ3) is 4.75. The fraction of sp³-hybridized carbons (Fsp3) is 0.462. The van der Waals surface area contributed by atoms with Gasteiger partial charge in [-0.25, -0.2) is 18.3 Å². The molecule has 0 atom stereocenters. The van der Waals surface area contributed by atoms with Crippen molar-refractivity contribution >= 4 is 28.4 Å². The molecule has 2 saturated carbocycles. The largest absolute Gasteiger partial charge is 0.381 e. The van der Waals surface area contributed by atoms with E-state index in [1.807, 2.05) is 12.1 Å². The van der Waals surface area contributed by atoms with Gasteiger partial charge in [0.1, 0.15) is 5.65 Å². The van der Waals surface area contributed by atoms with Crippen molar-refractivity contribution in [3.63, 3.8) is 0 Å². The second-order valence-corrected chi connectivity index (χ2v) is 10.0. The molecular weight excluding hydrogens is 480 g/mol. The molecule has 0 unspecified atom stereocenters. The lowest BCUT2D eigenvalue weighted by Crippen LogP contribution is -2.38. The maximum Gasteiger partial charge on any atom is 0.267 e. The van der Waals surface area contributed by atoms with Crippen molar-refractivity contribution in [3.8, 4) is 11.1 Å². The number of halogens is 2. The maximum absolute atomic E-state index is 14.0. The van der Waals surface area contributed by atoms with Gasteiger partial charge in [0, 0.05) is 48.6 Å². The topological polar surface area (TPSA) is 109 Å². The minimum absolute atomic E-state index is 0.120. The molecule has 0 aliphatic heterocycles. The number of aromatic nitrogens is 5. The smallest absolute Gasteiger partial charge is 0.267 e. The van der Waals surface area contributed by atoms with Crippen LogP contribution in [0, 0.1) is 5.92 Å². The fourth-order valence-electron chi connectivity index (χ4n) is 5.11. The van der Waals surface area contributed by atoms with Crippen molar-refractivity contribution in [2.75, 3.05) is 19.0 Å². The maximum atomic E-state index is 14.0. The molecule has 11 heteroatoms. The van der Waals surface area contributed by atoms with Gasteiger partial charge in [0.25, 0.3) is 11.8 Å². The number of methoxy groups -OCH3 is 1. The summed E-state index contributed by atoms with van der Waals surface area (Å²) in [5.41, 5.74) is 3.45. The van der Waals surface area contributed by atoms with E-state index in [2.05, 4.69) is 30.7 Å². The predicted molar refractivity (Wildman–Crippen MR) is 135 cm³/mol. The molecule has 4 aromatic rings. The van der Waals surface area contributed by atoms with Crippen LogP contribution in [0.1, 0.15) is 48.9 Å². The van der Waals surface area contributed by atoms with Gasteiger partial charge in [0.2, 0.25) is 5.95 Å². The summed E-state index contributed by atoms with van der Waals surface area (Å²) < 4.78 is 35.1. The molecule has 3 N–H and O–H groups in total. The minimum atomic E-state index is -2.76. The first-order chi connectivity index (χ1) is 17.9. The van der Waals surface area contributed by atoms with Crippen molar-refractivity contribution < 1.29 is 18.3 Å². The van der Waals surface area contributed by atoms with Crippen LogP contribution in [0.5, 0.6) is 0 Å². The lowest BCUT2D eigenvalue weighted by atomic mass is 9.93. The first-order valence-corrected chi connectivity index (χ1v) is 12.7. The number of H-pyrrole nitrogens is 1. The van der Waals surface area contributed by atoms with E-state index in [4.69, 9.17) is 4.74 Å². The molecule has 37 heavy (non-hydrogen) atoms. The molecule has 0 spiro atoms. The Morgan fingerprint density at radius 2 is 2.03 bits per heavy atom. The first-order valence-electron chi connectivity index (χ1n) is 12.7. The lowest BCUT2D eigenvalue weighted by Gasteiger charge is -2.28. The number of pyridine rings is 1. The molecule has 0 radical (unpaired) electrons. The monoisotopic (exact) mass is 509 g/mol. The highest BCUT2D eigenvalue weighted by Crippen LogP contribution is 2.43. The van der Waals surface area contributed by atoms with Crippen LogP contribution in [0.25, 0.3) is 27.7 Å². The Kier molecular flexibility index (Phi) is 6.02. The highest BCUT2D eigenvalue weighted by molar-refractivity contribution is 6.02. The van der Waals surface area contributed by atoms with E-state index in [9.17, 15) is 13.6 Å². The number of amides is 1. The third-order valence-electron chi connectivity index (χ3n) is 7.51. The predicted octanol–water partition coefficient (Wildman–Crippen LogP) is 4.42. The summed E-state index contributed by atoms with van der Waals surface area (Å²) in [5, 5.41) is 10.9.